The summed E-state index contributed by atoms with van der Waals surface area (Å²) in [7, 11) is 0. The maximum Gasteiger partial charge on any atom is 0.272 e. The van der Waals surface area contributed by atoms with Gasteiger partial charge in [0.15, 0.2) is 0 Å². The average molecular weight is 277 g/mol. The predicted molar refractivity (Wildman–Crippen MR) is 71.2 cm³/mol. The van der Waals surface area contributed by atoms with Gasteiger partial charge in [-0.25, -0.2) is 9.97 Å². The number of nitrogens with zero attached hydrogens (tertiary/aromatic N) is 3. The van der Waals surface area contributed by atoms with E-state index in [2.05, 4.69) is 9.97 Å². The summed E-state index contributed by atoms with van der Waals surface area (Å²) >= 11 is 0. The number of hydrogen-bond donors (Lipinski definition) is 0. The minimum Gasteiger partial charge on any atom is -0.376 e. The zero-order valence-corrected chi connectivity index (χ0v) is 11.6. The van der Waals surface area contributed by atoms with Crippen molar-refractivity contribution in [2.75, 3.05) is 19.8 Å². The van der Waals surface area contributed by atoms with Gasteiger partial charge < -0.3 is 14.4 Å². The zero-order chi connectivity index (χ0) is 13.9. The molecule has 3 atom stereocenters. The molecule has 0 radical (unpaired) electrons. The monoisotopic (exact) mass is 277 g/mol. The molecule has 2 aliphatic rings. The lowest BCUT2D eigenvalue weighted by Crippen LogP contribution is -2.54. The number of fused-ring (bicyclic) bond motifs is 1. The molecule has 2 heterocycles. The lowest BCUT2D eigenvalue weighted by Gasteiger charge is -2.38. The summed E-state index contributed by atoms with van der Waals surface area (Å²) in [5.74, 6) is -0.0390. The van der Waals surface area contributed by atoms with E-state index in [0.29, 0.717) is 25.5 Å². The summed E-state index contributed by atoms with van der Waals surface area (Å²) < 4.78 is 11.5. The van der Waals surface area contributed by atoms with E-state index in [0.717, 1.165) is 12.8 Å². The lowest BCUT2D eigenvalue weighted by atomic mass is 10.1. The van der Waals surface area contributed by atoms with Gasteiger partial charge in [0.25, 0.3) is 5.91 Å². The van der Waals surface area contributed by atoms with Crippen LogP contribution in [0.1, 0.15) is 30.3 Å². The number of amides is 1. The molecule has 0 spiro atoms. The second-order valence-corrected chi connectivity index (χ2v) is 5.07. The molecule has 1 aliphatic heterocycles. The highest BCUT2D eigenvalue weighted by atomic mass is 16.5. The van der Waals surface area contributed by atoms with Crippen LogP contribution >= 0.6 is 0 Å². The van der Waals surface area contributed by atoms with Crippen LogP contribution in [0.2, 0.25) is 0 Å². The third-order valence-corrected chi connectivity index (χ3v) is 3.98. The third-order valence-electron chi connectivity index (χ3n) is 3.98. The van der Waals surface area contributed by atoms with Crippen LogP contribution < -0.4 is 0 Å². The fourth-order valence-electron chi connectivity index (χ4n) is 3.12. The van der Waals surface area contributed by atoms with Crippen molar-refractivity contribution < 1.29 is 14.3 Å². The van der Waals surface area contributed by atoms with Crippen LogP contribution in [0, 0.1) is 0 Å². The molecule has 108 valence electrons. The third kappa shape index (κ3) is 2.41. The number of morpholine rings is 1. The smallest absolute Gasteiger partial charge is 0.272 e. The zero-order valence-electron chi connectivity index (χ0n) is 11.6. The van der Waals surface area contributed by atoms with Crippen molar-refractivity contribution in [2.24, 2.45) is 0 Å². The largest absolute Gasteiger partial charge is 0.376 e. The van der Waals surface area contributed by atoms with Crippen LogP contribution in [0.3, 0.4) is 0 Å². The normalized spacial score (nSPS) is 29.2. The summed E-state index contributed by atoms with van der Waals surface area (Å²) in [5.41, 5.74) is 0.445. The van der Waals surface area contributed by atoms with Gasteiger partial charge in [-0.1, -0.05) is 0 Å². The van der Waals surface area contributed by atoms with Gasteiger partial charge in [0.2, 0.25) is 0 Å². The van der Waals surface area contributed by atoms with Crippen LogP contribution in [0.4, 0.5) is 0 Å². The van der Waals surface area contributed by atoms with Gasteiger partial charge in [-0.15, -0.1) is 0 Å². The number of hydrogen-bond acceptors (Lipinski definition) is 5. The number of carbonyl (C=O) groups excluding carboxylic acids is 1. The Labute approximate surface area is 118 Å². The van der Waals surface area contributed by atoms with E-state index in [-0.39, 0.29) is 24.2 Å². The number of aromatic nitrogens is 2. The second kappa shape index (κ2) is 5.85. The first-order valence-corrected chi connectivity index (χ1v) is 7.11. The van der Waals surface area contributed by atoms with Gasteiger partial charge in [-0.3, -0.25) is 4.79 Å². The van der Waals surface area contributed by atoms with E-state index in [1.54, 1.807) is 12.3 Å². The lowest BCUT2D eigenvalue weighted by molar-refractivity contribution is -0.102. The molecule has 1 aromatic rings. The van der Waals surface area contributed by atoms with E-state index in [1.807, 2.05) is 11.8 Å². The minimum atomic E-state index is -0.0390. The Morgan fingerprint density at radius 2 is 2.45 bits per heavy atom. The van der Waals surface area contributed by atoms with E-state index >= 15 is 0 Å². The summed E-state index contributed by atoms with van der Waals surface area (Å²) in [6, 6.07) is 1.75. The maximum atomic E-state index is 12.5. The van der Waals surface area contributed by atoms with Crippen molar-refractivity contribution in [3.05, 3.63) is 24.3 Å². The minimum absolute atomic E-state index is 0.00510. The summed E-state index contributed by atoms with van der Waals surface area (Å²) in [6.07, 6.45) is 4.96. The Morgan fingerprint density at radius 1 is 1.55 bits per heavy atom. The van der Waals surface area contributed by atoms with Crippen LogP contribution in [0.15, 0.2) is 18.6 Å². The maximum absolute atomic E-state index is 12.5. The van der Waals surface area contributed by atoms with Crippen LogP contribution in [0.5, 0.6) is 0 Å². The van der Waals surface area contributed by atoms with Crippen LogP contribution in [0.25, 0.3) is 0 Å². The van der Waals surface area contributed by atoms with Crippen LogP contribution in [-0.2, 0) is 9.47 Å². The molecule has 0 bridgehead atoms. The Hall–Kier alpha value is -1.53. The molecule has 1 saturated heterocycles. The Balaban J connectivity index is 1.76. The molecule has 0 aromatic carbocycles. The second-order valence-electron chi connectivity index (χ2n) is 5.07. The molecule has 0 unspecified atom stereocenters. The molecule has 0 N–H and O–H groups in total. The highest BCUT2D eigenvalue weighted by Gasteiger charge is 2.45. The van der Waals surface area contributed by atoms with E-state index < -0.39 is 0 Å². The molecule has 1 aliphatic carbocycles. The highest BCUT2D eigenvalue weighted by Crippen LogP contribution is 2.32. The molecule has 1 amide bonds. The van der Waals surface area contributed by atoms with Gasteiger partial charge in [-0.2, -0.15) is 0 Å². The van der Waals surface area contributed by atoms with Gasteiger partial charge in [0.1, 0.15) is 18.1 Å². The fraction of sp³-hybridized carbons (Fsp3) is 0.643. The van der Waals surface area contributed by atoms with Gasteiger partial charge >= 0.3 is 0 Å². The first kappa shape index (κ1) is 13.5. The Kier molecular flexibility index (Phi) is 3.93. The molecular formula is C14H19N3O3. The average Bonchev–Trinajstić information content (AvgIpc) is 2.91. The molecule has 3 rings (SSSR count). The van der Waals surface area contributed by atoms with Gasteiger partial charge in [0.05, 0.1) is 18.8 Å². The standard InChI is InChI=1S/C14H19N3O3/c1-2-19-12-4-3-11-13(12)20-8-7-17(11)14(18)10-5-6-15-9-16-10/h5-6,9,11-13H,2-4,7-8H2,1H3/t11-,12+,13+/m0/s1. The molecule has 6 heteroatoms. The molecule has 1 aromatic heterocycles. The van der Waals surface area contributed by atoms with Crippen molar-refractivity contribution >= 4 is 5.91 Å². The van der Waals surface area contributed by atoms with E-state index in [1.165, 1.54) is 6.33 Å². The molecular weight excluding hydrogens is 258 g/mol. The van der Waals surface area contributed by atoms with E-state index in [4.69, 9.17) is 9.47 Å². The van der Waals surface area contributed by atoms with Crippen molar-refractivity contribution in [3.63, 3.8) is 0 Å². The Bertz CT molecular complexity index is 468. The topological polar surface area (TPSA) is 64.6 Å². The first-order valence-electron chi connectivity index (χ1n) is 7.11. The number of ether oxygens (including phenoxy) is 2. The molecule has 2 fully saturated rings. The number of rotatable bonds is 3. The predicted octanol–water partition coefficient (Wildman–Crippen LogP) is 0.885. The van der Waals surface area contributed by atoms with Crippen molar-refractivity contribution in [1.82, 2.24) is 14.9 Å². The summed E-state index contributed by atoms with van der Waals surface area (Å²) in [4.78, 5) is 22.3. The molecule has 1 saturated carbocycles. The van der Waals surface area contributed by atoms with E-state index in [9.17, 15) is 4.79 Å². The van der Waals surface area contributed by atoms with Crippen LogP contribution in [-0.4, -0.2) is 58.8 Å². The SMILES string of the molecule is CCO[C@@H]1CC[C@H]2[C@H]1OCCN2C(=O)c1ccncn1. The first-order chi connectivity index (χ1) is 9.81. The Morgan fingerprint density at radius 3 is 3.20 bits per heavy atom. The molecule has 6 nitrogen and oxygen atoms in total. The molecule has 20 heavy (non-hydrogen) atoms. The summed E-state index contributed by atoms with van der Waals surface area (Å²) in [6.45, 7) is 3.83. The van der Waals surface area contributed by atoms with Gasteiger partial charge in [0, 0.05) is 19.3 Å². The highest BCUT2D eigenvalue weighted by molar-refractivity contribution is 5.92. The van der Waals surface area contributed by atoms with Crippen molar-refractivity contribution in [3.8, 4) is 0 Å². The van der Waals surface area contributed by atoms with Crippen molar-refractivity contribution in [2.45, 2.75) is 38.0 Å². The fourth-order valence-corrected chi connectivity index (χ4v) is 3.12. The quantitative estimate of drug-likeness (QED) is 0.821. The van der Waals surface area contributed by atoms with Gasteiger partial charge in [-0.05, 0) is 25.8 Å². The number of carbonyl (C=O) groups is 1. The van der Waals surface area contributed by atoms with Crippen molar-refractivity contribution in [1.29, 1.82) is 0 Å². The summed E-state index contributed by atoms with van der Waals surface area (Å²) in [5, 5.41) is 0.